The monoisotopic (exact) mass is 314 g/mol. The van der Waals surface area contributed by atoms with Crippen LogP contribution in [0.2, 0.25) is 0 Å². The van der Waals surface area contributed by atoms with Gasteiger partial charge in [-0.3, -0.25) is 14.5 Å². The maximum absolute atomic E-state index is 13.1. The largest absolute Gasteiger partial charge is 0.372 e. The van der Waals surface area contributed by atoms with Gasteiger partial charge in [0, 0.05) is 11.0 Å². The van der Waals surface area contributed by atoms with E-state index in [1.165, 1.54) is 17.0 Å². The number of nitrogens with zero attached hydrogens (tertiary/aromatic N) is 1. The molecule has 1 aromatic carbocycles. The summed E-state index contributed by atoms with van der Waals surface area (Å²) in [7, 11) is 0. The van der Waals surface area contributed by atoms with Gasteiger partial charge >= 0.3 is 0 Å². The van der Waals surface area contributed by atoms with E-state index in [1.54, 1.807) is 13.0 Å². The number of hydrogen-bond acceptors (Lipinski definition) is 3. The molecule has 96 valence electrons. The van der Waals surface area contributed by atoms with Crippen LogP contribution in [0.1, 0.15) is 13.3 Å². The van der Waals surface area contributed by atoms with Crippen molar-refractivity contribution in [1.82, 2.24) is 4.90 Å². The number of rotatable bonds is 3. The van der Waals surface area contributed by atoms with Gasteiger partial charge in [-0.1, -0.05) is 0 Å². The van der Waals surface area contributed by atoms with E-state index >= 15 is 0 Å². The fraction of sp³-hybridized carbons (Fsp3) is 0.333. The van der Waals surface area contributed by atoms with Crippen LogP contribution in [-0.4, -0.2) is 29.3 Å². The Bertz CT molecular complexity index is 507. The van der Waals surface area contributed by atoms with Crippen molar-refractivity contribution in [2.24, 2.45) is 0 Å². The molecule has 1 aromatic rings. The van der Waals surface area contributed by atoms with Crippen LogP contribution in [0.4, 0.5) is 10.1 Å². The molecule has 0 aliphatic carbocycles. The van der Waals surface area contributed by atoms with Gasteiger partial charge in [-0.2, -0.15) is 0 Å². The fourth-order valence-corrected chi connectivity index (χ4v) is 2.28. The van der Waals surface area contributed by atoms with Crippen molar-refractivity contribution in [1.29, 1.82) is 0 Å². The molecule has 2 amide bonds. The Morgan fingerprint density at radius 3 is 2.83 bits per heavy atom. The molecule has 1 aliphatic rings. The van der Waals surface area contributed by atoms with Crippen molar-refractivity contribution >= 4 is 33.4 Å². The number of hydrogen-bond donors (Lipinski definition) is 1. The molecule has 0 spiro atoms. The average Bonchev–Trinajstić information content (AvgIpc) is 2.59. The molecular weight excluding hydrogens is 303 g/mol. The first kappa shape index (κ1) is 13.0. The van der Waals surface area contributed by atoms with Gasteiger partial charge in [0.1, 0.15) is 11.9 Å². The summed E-state index contributed by atoms with van der Waals surface area (Å²) >= 11 is 3.27. The van der Waals surface area contributed by atoms with Gasteiger partial charge in [-0.25, -0.2) is 4.39 Å². The lowest BCUT2D eigenvalue weighted by molar-refractivity contribution is -0.138. The van der Waals surface area contributed by atoms with Crippen molar-refractivity contribution in [3.8, 4) is 0 Å². The minimum atomic E-state index is -0.615. The summed E-state index contributed by atoms with van der Waals surface area (Å²) < 4.78 is 13.8. The van der Waals surface area contributed by atoms with E-state index < -0.39 is 11.9 Å². The number of likely N-dealkylation sites (tertiary alicyclic amines) is 1. The Morgan fingerprint density at radius 1 is 1.50 bits per heavy atom. The standard InChI is InChI=1S/C12H12BrFN2O2/c1-2-16-11(17)6-10(12(16)18)15-9-5-7(14)3-4-8(9)13/h3-5,10,15H,2,6H2,1H3. The van der Waals surface area contributed by atoms with Crippen molar-refractivity contribution < 1.29 is 14.0 Å². The van der Waals surface area contributed by atoms with E-state index in [0.717, 1.165) is 0 Å². The topological polar surface area (TPSA) is 49.4 Å². The van der Waals surface area contributed by atoms with E-state index in [4.69, 9.17) is 0 Å². The maximum Gasteiger partial charge on any atom is 0.252 e. The lowest BCUT2D eigenvalue weighted by Gasteiger charge is -2.15. The van der Waals surface area contributed by atoms with Gasteiger partial charge in [0.05, 0.1) is 12.1 Å². The molecule has 1 heterocycles. The maximum atomic E-state index is 13.1. The smallest absolute Gasteiger partial charge is 0.252 e. The summed E-state index contributed by atoms with van der Waals surface area (Å²) in [6.07, 6.45) is 0.107. The first-order valence-electron chi connectivity index (χ1n) is 5.58. The van der Waals surface area contributed by atoms with E-state index in [1.807, 2.05) is 0 Å². The highest BCUT2D eigenvalue weighted by molar-refractivity contribution is 9.10. The molecule has 1 saturated heterocycles. The van der Waals surface area contributed by atoms with Gasteiger partial charge in [-0.15, -0.1) is 0 Å². The third-order valence-electron chi connectivity index (χ3n) is 2.82. The second-order valence-electron chi connectivity index (χ2n) is 4.00. The molecule has 2 rings (SSSR count). The molecule has 1 atom stereocenters. The van der Waals surface area contributed by atoms with E-state index in [-0.39, 0.29) is 18.2 Å². The van der Waals surface area contributed by atoms with Crippen LogP contribution in [0.25, 0.3) is 0 Å². The van der Waals surface area contributed by atoms with Crippen LogP contribution in [0.5, 0.6) is 0 Å². The predicted octanol–water partition coefficient (Wildman–Crippen LogP) is 2.15. The number of imide groups is 1. The van der Waals surface area contributed by atoms with Crippen molar-refractivity contribution in [3.05, 3.63) is 28.5 Å². The highest BCUT2D eigenvalue weighted by atomic mass is 79.9. The highest BCUT2D eigenvalue weighted by Crippen LogP contribution is 2.26. The molecule has 0 aromatic heterocycles. The van der Waals surface area contributed by atoms with Gasteiger partial charge in [0.15, 0.2) is 0 Å². The van der Waals surface area contributed by atoms with Crippen molar-refractivity contribution in [2.75, 3.05) is 11.9 Å². The number of amides is 2. The Kier molecular flexibility index (Phi) is 3.65. The first-order chi connectivity index (χ1) is 8.52. The molecule has 1 unspecified atom stereocenters. The molecule has 1 fully saturated rings. The lowest BCUT2D eigenvalue weighted by Crippen LogP contribution is -2.34. The zero-order valence-corrected chi connectivity index (χ0v) is 11.3. The zero-order valence-electron chi connectivity index (χ0n) is 9.74. The van der Waals surface area contributed by atoms with Crippen molar-refractivity contribution in [2.45, 2.75) is 19.4 Å². The SMILES string of the molecule is CCN1C(=O)CC(Nc2cc(F)ccc2Br)C1=O. The third kappa shape index (κ3) is 2.38. The van der Waals surface area contributed by atoms with Crippen LogP contribution in [0.15, 0.2) is 22.7 Å². The fourth-order valence-electron chi connectivity index (χ4n) is 1.92. The summed E-state index contributed by atoms with van der Waals surface area (Å²) in [6.45, 7) is 2.11. The molecule has 0 bridgehead atoms. The number of likely N-dealkylation sites (N-methyl/N-ethyl adjacent to an activating group) is 1. The predicted molar refractivity (Wildman–Crippen MR) is 68.5 cm³/mol. The van der Waals surface area contributed by atoms with Crippen LogP contribution in [-0.2, 0) is 9.59 Å². The summed E-state index contributed by atoms with van der Waals surface area (Å²) in [5.41, 5.74) is 0.471. The van der Waals surface area contributed by atoms with E-state index in [9.17, 15) is 14.0 Å². The quantitative estimate of drug-likeness (QED) is 0.870. The highest BCUT2D eigenvalue weighted by Gasteiger charge is 2.37. The second-order valence-corrected chi connectivity index (χ2v) is 4.86. The molecular formula is C12H12BrFN2O2. The molecule has 0 saturated carbocycles. The Balaban J connectivity index is 2.18. The molecule has 18 heavy (non-hydrogen) atoms. The summed E-state index contributed by atoms with van der Waals surface area (Å²) in [4.78, 5) is 24.6. The van der Waals surface area contributed by atoms with Gasteiger partial charge in [-0.05, 0) is 41.1 Å². The van der Waals surface area contributed by atoms with Crippen LogP contribution in [0.3, 0.4) is 0 Å². The van der Waals surface area contributed by atoms with Crippen LogP contribution >= 0.6 is 15.9 Å². The van der Waals surface area contributed by atoms with Crippen LogP contribution in [0, 0.1) is 5.82 Å². The number of carbonyl (C=O) groups excluding carboxylic acids is 2. The number of halogens is 2. The molecule has 1 N–H and O–H groups in total. The molecule has 6 heteroatoms. The summed E-state index contributed by atoms with van der Waals surface area (Å²) in [6, 6.07) is 3.54. The Labute approximate surface area is 112 Å². The Morgan fingerprint density at radius 2 is 2.22 bits per heavy atom. The van der Waals surface area contributed by atoms with E-state index in [2.05, 4.69) is 21.2 Å². The summed E-state index contributed by atoms with van der Waals surface area (Å²) in [5.74, 6) is -0.865. The molecule has 1 aliphatic heterocycles. The second kappa shape index (κ2) is 5.06. The first-order valence-corrected chi connectivity index (χ1v) is 6.38. The van der Waals surface area contributed by atoms with Gasteiger partial charge in [0.25, 0.3) is 5.91 Å². The molecule has 4 nitrogen and oxygen atoms in total. The average molecular weight is 315 g/mol. The number of carbonyl (C=O) groups is 2. The third-order valence-corrected chi connectivity index (χ3v) is 3.51. The normalized spacial score (nSPS) is 19.5. The van der Waals surface area contributed by atoms with Crippen LogP contribution < -0.4 is 5.32 Å². The van der Waals surface area contributed by atoms with E-state index in [0.29, 0.717) is 16.7 Å². The lowest BCUT2D eigenvalue weighted by atomic mass is 10.2. The number of nitrogens with one attached hydrogen (secondary N) is 1. The summed E-state index contributed by atoms with van der Waals surface area (Å²) in [5, 5.41) is 2.90. The minimum absolute atomic E-state index is 0.107. The van der Waals surface area contributed by atoms with Gasteiger partial charge < -0.3 is 5.32 Å². The molecule has 0 radical (unpaired) electrons. The number of anilines is 1. The van der Waals surface area contributed by atoms with Gasteiger partial charge in [0.2, 0.25) is 5.91 Å². The minimum Gasteiger partial charge on any atom is -0.372 e. The Hall–Kier alpha value is -1.43. The number of benzene rings is 1. The zero-order chi connectivity index (χ0) is 13.3. The van der Waals surface area contributed by atoms with Crippen molar-refractivity contribution in [3.63, 3.8) is 0 Å².